The summed E-state index contributed by atoms with van der Waals surface area (Å²) in [6.45, 7) is 0.565. The quantitative estimate of drug-likeness (QED) is 0.884. The number of carbonyl (C=O) groups excluding carboxylic acids is 1. The highest BCUT2D eigenvalue weighted by Crippen LogP contribution is 2.28. The van der Waals surface area contributed by atoms with Crippen LogP contribution in [-0.4, -0.2) is 53.9 Å². The van der Waals surface area contributed by atoms with Crippen molar-refractivity contribution in [2.24, 2.45) is 5.92 Å². The lowest BCUT2D eigenvalue weighted by Crippen LogP contribution is -2.44. The number of carboxylic acids is 1. The predicted molar refractivity (Wildman–Crippen MR) is 78.6 cm³/mol. The SMILES string of the molecule is CN(CC1CC(O)C1)C(=O)N(C)c1ccccc1C(=O)O. The number of rotatable bonds is 4. The highest BCUT2D eigenvalue weighted by molar-refractivity contribution is 6.01. The minimum atomic E-state index is -1.06. The van der Waals surface area contributed by atoms with Gasteiger partial charge in [0.25, 0.3) is 0 Å². The van der Waals surface area contributed by atoms with Gasteiger partial charge in [0.1, 0.15) is 0 Å². The summed E-state index contributed by atoms with van der Waals surface area (Å²) in [6, 6.07) is 6.16. The standard InChI is InChI=1S/C15H20N2O4/c1-16(9-10-7-11(18)8-10)15(21)17(2)13-6-4-3-5-12(13)14(19)20/h3-6,10-11,18H,7-9H2,1-2H3,(H,19,20). The van der Waals surface area contributed by atoms with Gasteiger partial charge in [-0.1, -0.05) is 12.1 Å². The normalized spacial score (nSPS) is 20.5. The molecule has 2 rings (SSSR count). The third-order valence-corrected chi connectivity index (χ3v) is 3.85. The molecule has 1 aromatic carbocycles. The van der Waals surface area contributed by atoms with E-state index in [0.29, 0.717) is 31.0 Å². The fourth-order valence-electron chi connectivity index (χ4n) is 2.62. The largest absolute Gasteiger partial charge is 0.478 e. The van der Waals surface area contributed by atoms with Crippen LogP contribution in [0.1, 0.15) is 23.2 Å². The molecule has 114 valence electrons. The zero-order valence-corrected chi connectivity index (χ0v) is 12.2. The van der Waals surface area contributed by atoms with Crippen LogP contribution in [0.15, 0.2) is 24.3 Å². The van der Waals surface area contributed by atoms with Crippen LogP contribution in [0.2, 0.25) is 0 Å². The molecule has 2 N–H and O–H groups in total. The Labute approximate surface area is 123 Å². The molecule has 0 bridgehead atoms. The summed E-state index contributed by atoms with van der Waals surface area (Å²) in [4.78, 5) is 26.5. The van der Waals surface area contributed by atoms with Crippen LogP contribution >= 0.6 is 0 Å². The number of carbonyl (C=O) groups is 2. The topological polar surface area (TPSA) is 81.1 Å². The molecule has 0 aromatic heterocycles. The van der Waals surface area contributed by atoms with Gasteiger partial charge >= 0.3 is 12.0 Å². The summed E-state index contributed by atoms with van der Waals surface area (Å²) in [5, 5.41) is 18.5. The fourth-order valence-corrected chi connectivity index (χ4v) is 2.62. The van der Waals surface area contributed by atoms with Gasteiger partial charge in [-0.3, -0.25) is 4.90 Å². The van der Waals surface area contributed by atoms with Crippen LogP contribution in [0.5, 0.6) is 0 Å². The molecule has 0 unspecified atom stereocenters. The molecule has 1 saturated carbocycles. The molecule has 6 heteroatoms. The van der Waals surface area contributed by atoms with Gasteiger partial charge in [-0.05, 0) is 30.9 Å². The molecule has 6 nitrogen and oxygen atoms in total. The van der Waals surface area contributed by atoms with Crippen LogP contribution in [0.4, 0.5) is 10.5 Å². The lowest BCUT2D eigenvalue weighted by atomic mass is 9.82. The highest BCUT2D eigenvalue weighted by atomic mass is 16.4. The van der Waals surface area contributed by atoms with Crippen molar-refractivity contribution in [3.8, 4) is 0 Å². The van der Waals surface area contributed by atoms with Gasteiger partial charge < -0.3 is 15.1 Å². The van der Waals surface area contributed by atoms with Gasteiger partial charge in [0.05, 0.1) is 17.4 Å². The molecule has 0 atom stereocenters. The number of hydrogen-bond donors (Lipinski definition) is 2. The van der Waals surface area contributed by atoms with Crippen LogP contribution in [0.25, 0.3) is 0 Å². The van der Waals surface area contributed by atoms with E-state index < -0.39 is 5.97 Å². The van der Waals surface area contributed by atoms with E-state index in [1.165, 1.54) is 11.0 Å². The molecule has 1 fully saturated rings. The first-order valence-electron chi connectivity index (χ1n) is 6.89. The Morgan fingerprint density at radius 1 is 1.24 bits per heavy atom. The third kappa shape index (κ3) is 3.33. The van der Waals surface area contributed by atoms with E-state index in [-0.39, 0.29) is 17.7 Å². The number of amides is 2. The monoisotopic (exact) mass is 292 g/mol. The second-order valence-corrected chi connectivity index (χ2v) is 5.54. The van der Waals surface area contributed by atoms with Gasteiger partial charge in [0.2, 0.25) is 0 Å². The first-order valence-corrected chi connectivity index (χ1v) is 6.89. The molecule has 1 aromatic rings. The Kier molecular flexibility index (Phi) is 4.47. The number of aliphatic hydroxyl groups is 1. The summed E-state index contributed by atoms with van der Waals surface area (Å²) in [5.74, 6) is -0.743. The number of aromatic carboxylic acids is 1. The highest BCUT2D eigenvalue weighted by Gasteiger charge is 2.30. The first kappa shape index (κ1) is 15.3. The molecule has 0 spiro atoms. The van der Waals surface area contributed by atoms with Crippen LogP contribution < -0.4 is 4.90 Å². The molecule has 0 radical (unpaired) electrons. The number of hydrogen-bond acceptors (Lipinski definition) is 3. The lowest BCUT2D eigenvalue weighted by molar-refractivity contribution is 0.0329. The van der Waals surface area contributed by atoms with Crippen molar-refractivity contribution < 1.29 is 19.8 Å². The molecule has 0 heterocycles. The van der Waals surface area contributed by atoms with Crippen molar-refractivity contribution in [3.05, 3.63) is 29.8 Å². The van der Waals surface area contributed by atoms with Gasteiger partial charge in [0, 0.05) is 20.6 Å². The molecular weight excluding hydrogens is 272 g/mol. The Morgan fingerprint density at radius 2 is 1.86 bits per heavy atom. The van der Waals surface area contributed by atoms with Gasteiger partial charge in [0.15, 0.2) is 0 Å². The summed E-state index contributed by atoms with van der Waals surface area (Å²) >= 11 is 0. The third-order valence-electron chi connectivity index (χ3n) is 3.85. The van der Waals surface area contributed by atoms with Crippen molar-refractivity contribution in [1.29, 1.82) is 0 Å². The molecular formula is C15H20N2O4. The maximum atomic E-state index is 12.4. The van der Waals surface area contributed by atoms with Crippen molar-refractivity contribution in [2.45, 2.75) is 18.9 Å². The average molecular weight is 292 g/mol. The molecule has 1 aliphatic carbocycles. The number of carboxylic acid groups (broad SMARTS) is 1. The minimum Gasteiger partial charge on any atom is -0.478 e. The minimum absolute atomic E-state index is 0.0980. The van der Waals surface area contributed by atoms with Crippen LogP contribution in [-0.2, 0) is 0 Å². The van der Waals surface area contributed by atoms with E-state index in [1.807, 2.05) is 0 Å². The summed E-state index contributed by atoms with van der Waals surface area (Å²) < 4.78 is 0. The predicted octanol–water partition coefficient (Wildman–Crippen LogP) is 1.64. The molecule has 1 aliphatic rings. The summed E-state index contributed by atoms with van der Waals surface area (Å²) in [7, 11) is 3.25. The van der Waals surface area contributed by atoms with E-state index in [1.54, 1.807) is 37.2 Å². The summed E-state index contributed by atoms with van der Waals surface area (Å²) in [5.41, 5.74) is 0.469. The first-order chi connectivity index (χ1) is 9.90. The lowest BCUT2D eigenvalue weighted by Gasteiger charge is -2.35. The van der Waals surface area contributed by atoms with E-state index in [9.17, 15) is 19.8 Å². The fraction of sp³-hybridized carbons (Fsp3) is 0.467. The van der Waals surface area contributed by atoms with E-state index >= 15 is 0 Å². The molecule has 21 heavy (non-hydrogen) atoms. The van der Waals surface area contributed by atoms with E-state index in [0.717, 1.165) is 0 Å². The maximum absolute atomic E-state index is 12.4. The van der Waals surface area contributed by atoms with Crippen molar-refractivity contribution in [2.75, 3.05) is 25.5 Å². The number of benzene rings is 1. The maximum Gasteiger partial charge on any atom is 0.337 e. The Morgan fingerprint density at radius 3 is 2.43 bits per heavy atom. The van der Waals surface area contributed by atoms with E-state index in [4.69, 9.17) is 0 Å². The zero-order valence-electron chi connectivity index (χ0n) is 12.2. The van der Waals surface area contributed by atoms with Crippen molar-refractivity contribution >= 4 is 17.7 Å². The zero-order chi connectivity index (χ0) is 15.6. The number of para-hydroxylation sites is 1. The number of urea groups is 1. The second-order valence-electron chi connectivity index (χ2n) is 5.54. The van der Waals surface area contributed by atoms with Crippen LogP contribution in [0, 0.1) is 5.92 Å². The molecule has 0 aliphatic heterocycles. The Hall–Kier alpha value is -2.08. The smallest absolute Gasteiger partial charge is 0.337 e. The Bertz CT molecular complexity index is 540. The number of nitrogens with zero attached hydrogens (tertiary/aromatic N) is 2. The van der Waals surface area contributed by atoms with Gasteiger partial charge in [-0.25, -0.2) is 9.59 Å². The molecule has 2 amide bonds. The van der Waals surface area contributed by atoms with Crippen molar-refractivity contribution in [1.82, 2.24) is 4.90 Å². The van der Waals surface area contributed by atoms with Crippen LogP contribution in [0.3, 0.4) is 0 Å². The summed E-state index contributed by atoms with van der Waals surface area (Å²) in [6.07, 6.45) is 1.18. The van der Waals surface area contributed by atoms with Gasteiger partial charge in [-0.15, -0.1) is 0 Å². The van der Waals surface area contributed by atoms with Gasteiger partial charge in [-0.2, -0.15) is 0 Å². The second kappa shape index (κ2) is 6.13. The van der Waals surface area contributed by atoms with Crippen molar-refractivity contribution in [3.63, 3.8) is 0 Å². The average Bonchev–Trinajstić information content (AvgIpc) is 2.43. The number of aliphatic hydroxyl groups excluding tert-OH is 1. The molecule has 0 saturated heterocycles. The van der Waals surface area contributed by atoms with E-state index in [2.05, 4.69) is 0 Å². The number of anilines is 1. The Balaban J connectivity index is 2.06.